The fourth-order valence-electron chi connectivity index (χ4n) is 3.19. The number of H-pyrrole nitrogens is 1. The van der Waals surface area contributed by atoms with Gasteiger partial charge in [-0.25, -0.2) is 0 Å². The first-order valence-corrected chi connectivity index (χ1v) is 9.76. The standard InChI is InChI=1S/C23H20N4O4/c28-23(22-20-14-18(27(29)30)8-11-21(20)25-26-22)24-13-12-16-6-9-19(10-7-16)31-15-17-4-2-1-3-5-17/h1-11,14H,12-13,15H2,(H,24,28)(H,25,26). The molecule has 0 spiro atoms. The molecule has 8 heteroatoms. The zero-order chi connectivity index (χ0) is 21.6. The van der Waals surface area contributed by atoms with Crippen LogP contribution in [0.3, 0.4) is 0 Å². The number of hydrogen-bond acceptors (Lipinski definition) is 5. The highest BCUT2D eigenvalue weighted by Gasteiger charge is 2.17. The van der Waals surface area contributed by atoms with Crippen molar-refractivity contribution in [2.24, 2.45) is 0 Å². The number of ether oxygens (including phenoxy) is 1. The first-order valence-electron chi connectivity index (χ1n) is 9.76. The maximum atomic E-state index is 12.5. The van der Waals surface area contributed by atoms with E-state index in [0.717, 1.165) is 16.9 Å². The number of fused-ring (bicyclic) bond motifs is 1. The summed E-state index contributed by atoms with van der Waals surface area (Å²) in [7, 11) is 0. The van der Waals surface area contributed by atoms with Crippen LogP contribution in [0.25, 0.3) is 10.9 Å². The summed E-state index contributed by atoms with van der Waals surface area (Å²) < 4.78 is 5.78. The normalized spacial score (nSPS) is 10.7. The van der Waals surface area contributed by atoms with Crippen molar-refractivity contribution in [1.29, 1.82) is 0 Å². The molecule has 4 aromatic rings. The number of nitrogens with zero attached hydrogens (tertiary/aromatic N) is 2. The minimum absolute atomic E-state index is 0.0856. The van der Waals surface area contributed by atoms with Gasteiger partial charge in [0, 0.05) is 24.1 Å². The van der Waals surface area contributed by atoms with Crippen molar-refractivity contribution >= 4 is 22.5 Å². The Morgan fingerprint density at radius 2 is 1.81 bits per heavy atom. The van der Waals surface area contributed by atoms with Gasteiger partial charge in [0.15, 0.2) is 5.69 Å². The lowest BCUT2D eigenvalue weighted by atomic mass is 10.1. The molecule has 0 atom stereocenters. The summed E-state index contributed by atoms with van der Waals surface area (Å²) in [4.78, 5) is 23.0. The molecule has 0 aliphatic carbocycles. The molecule has 0 unspecified atom stereocenters. The van der Waals surface area contributed by atoms with Crippen LogP contribution >= 0.6 is 0 Å². The van der Waals surface area contributed by atoms with E-state index in [1.807, 2.05) is 54.6 Å². The second kappa shape index (κ2) is 9.08. The maximum Gasteiger partial charge on any atom is 0.272 e. The molecule has 0 aliphatic rings. The smallest absolute Gasteiger partial charge is 0.272 e. The van der Waals surface area contributed by atoms with Crippen molar-refractivity contribution in [2.45, 2.75) is 13.0 Å². The van der Waals surface area contributed by atoms with Crippen LogP contribution in [0.15, 0.2) is 72.8 Å². The number of hydrogen-bond donors (Lipinski definition) is 2. The fraction of sp³-hybridized carbons (Fsp3) is 0.130. The van der Waals surface area contributed by atoms with Crippen molar-refractivity contribution in [1.82, 2.24) is 15.5 Å². The van der Waals surface area contributed by atoms with Gasteiger partial charge in [0.2, 0.25) is 0 Å². The molecular formula is C23H20N4O4. The highest BCUT2D eigenvalue weighted by Crippen LogP contribution is 2.22. The summed E-state index contributed by atoms with van der Waals surface area (Å²) in [6.45, 7) is 0.915. The van der Waals surface area contributed by atoms with E-state index in [-0.39, 0.29) is 17.3 Å². The molecule has 0 saturated carbocycles. The number of rotatable bonds is 8. The van der Waals surface area contributed by atoms with E-state index in [0.29, 0.717) is 30.5 Å². The molecule has 3 aromatic carbocycles. The molecule has 0 radical (unpaired) electrons. The molecule has 0 saturated heterocycles. The lowest BCUT2D eigenvalue weighted by Crippen LogP contribution is -2.26. The van der Waals surface area contributed by atoms with E-state index in [9.17, 15) is 14.9 Å². The average Bonchev–Trinajstić information content (AvgIpc) is 3.22. The van der Waals surface area contributed by atoms with Crippen LogP contribution in [0.4, 0.5) is 5.69 Å². The Kier molecular flexibility index (Phi) is 5.89. The largest absolute Gasteiger partial charge is 0.489 e. The molecule has 8 nitrogen and oxygen atoms in total. The van der Waals surface area contributed by atoms with Crippen LogP contribution in [0, 0.1) is 10.1 Å². The van der Waals surface area contributed by atoms with E-state index < -0.39 is 4.92 Å². The van der Waals surface area contributed by atoms with E-state index in [4.69, 9.17) is 4.74 Å². The Labute approximate surface area is 178 Å². The average molecular weight is 416 g/mol. The van der Waals surface area contributed by atoms with Crippen LogP contribution in [-0.4, -0.2) is 27.6 Å². The van der Waals surface area contributed by atoms with Gasteiger partial charge in [-0.05, 0) is 35.7 Å². The highest BCUT2D eigenvalue weighted by atomic mass is 16.6. The summed E-state index contributed by atoms with van der Waals surface area (Å²) in [5.41, 5.74) is 2.78. The first-order chi connectivity index (χ1) is 15.1. The van der Waals surface area contributed by atoms with E-state index in [1.165, 1.54) is 12.1 Å². The lowest BCUT2D eigenvalue weighted by Gasteiger charge is -2.08. The third-order valence-corrected chi connectivity index (χ3v) is 4.84. The van der Waals surface area contributed by atoms with Crippen LogP contribution in [-0.2, 0) is 13.0 Å². The van der Waals surface area contributed by atoms with Gasteiger partial charge in [0.05, 0.1) is 10.4 Å². The molecule has 1 heterocycles. The zero-order valence-corrected chi connectivity index (χ0v) is 16.6. The van der Waals surface area contributed by atoms with Crippen LogP contribution in [0.1, 0.15) is 21.6 Å². The van der Waals surface area contributed by atoms with Crippen LogP contribution in [0.5, 0.6) is 5.75 Å². The van der Waals surface area contributed by atoms with Crippen molar-refractivity contribution in [2.75, 3.05) is 6.54 Å². The summed E-state index contributed by atoms with van der Waals surface area (Å²) in [5, 5.41) is 20.9. The summed E-state index contributed by atoms with van der Waals surface area (Å²) in [6.07, 6.45) is 0.632. The number of non-ortho nitro benzene ring substituents is 1. The Bertz CT molecular complexity index is 1200. The molecule has 1 amide bonds. The Hall–Kier alpha value is -4.20. The molecule has 0 aliphatic heterocycles. The van der Waals surface area contributed by atoms with Gasteiger partial charge in [-0.1, -0.05) is 42.5 Å². The van der Waals surface area contributed by atoms with Gasteiger partial charge in [-0.2, -0.15) is 5.10 Å². The van der Waals surface area contributed by atoms with Gasteiger partial charge in [-0.3, -0.25) is 20.0 Å². The number of nitro benzene ring substituents is 1. The number of aromatic amines is 1. The summed E-state index contributed by atoms with van der Waals surface area (Å²) in [5.74, 6) is 0.399. The molecule has 156 valence electrons. The summed E-state index contributed by atoms with van der Waals surface area (Å²) >= 11 is 0. The Balaban J connectivity index is 1.31. The molecule has 4 rings (SSSR count). The number of benzene rings is 3. The lowest BCUT2D eigenvalue weighted by molar-refractivity contribution is -0.384. The number of nitrogens with one attached hydrogen (secondary N) is 2. The minimum Gasteiger partial charge on any atom is -0.489 e. The second-order valence-corrected chi connectivity index (χ2v) is 6.98. The Morgan fingerprint density at radius 1 is 1.03 bits per heavy atom. The van der Waals surface area contributed by atoms with E-state index in [2.05, 4.69) is 15.5 Å². The molecule has 31 heavy (non-hydrogen) atoms. The zero-order valence-electron chi connectivity index (χ0n) is 16.6. The van der Waals surface area contributed by atoms with Gasteiger partial charge < -0.3 is 10.1 Å². The maximum absolute atomic E-state index is 12.5. The highest BCUT2D eigenvalue weighted by molar-refractivity contribution is 6.05. The predicted molar refractivity (Wildman–Crippen MR) is 116 cm³/mol. The predicted octanol–water partition coefficient (Wildman–Crippen LogP) is 4.02. The quantitative estimate of drug-likeness (QED) is 0.333. The number of amides is 1. The molecule has 0 fully saturated rings. The fourth-order valence-corrected chi connectivity index (χ4v) is 3.19. The monoisotopic (exact) mass is 416 g/mol. The summed E-state index contributed by atoms with van der Waals surface area (Å²) in [6, 6.07) is 21.9. The van der Waals surface area contributed by atoms with Crippen molar-refractivity contribution in [3.63, 3.8) is 0 Å². The SMILES string of the molecule is O=C(NCCc1ccc(OCc2ccccc2)cc1)c1n[nH]c2ccc([N+](=O)[O-])cc12. The number of carbonyl (C=O) groups excluding carboxylic acids is 1. The van der Waals surface area contributed by atoms with Gasteiger partial charge in [0.1, 0.15) is 12.4 Å². The molecular weight excluding hydrogens is 396 g/mol. The minimum atomic E-state index is -0.499. The molecule has 1 aromatic heterocycles. The van der Waals surface area contributed by atoms with Gasteiger partial charge in [-0.15, -0.1) is 0 Å². The van der Waals surface area contributed by atoms with Crippen molar-refractivity contribution in [3.8, 4) is 5.75 Å². The third-order valence-electron chi connectivity index (χ3n) is 4.84. The van der Waals surface area contributed by atoms with E-state index in [1.54, 1.807) is 6.07 Å². The number of nitro groups is 1. The molecule has 2 N–H and O–H groups in total. The number of carbonyl (C=O) groups is 1. The van der Waals surface area contributed by atoms with Crippen LogP contribution < -0.4 is 10.1 Å². The third kappa shape index (κ3) is 4.87. The van der Waals surface area contributed by atoms with Crippen molar-refractivity contribution < 1.29 is 14.5 Å². The number of aromatic nitrogens is 2. The second-order valence-electron chi connectivity index (χ2n) is 6.98. The topological polar surface area (TPSA) is 110 Å². The van der Waals surface area contributed by atoms with Gasteiger partial charge in [0.25, 0.3) is 11.6 Å². The van der Waals surface area contributed by atoms with Crippen molar-refractivity contribution in [3.05, 3.63) is 99.7 Å². The Morgan fingerprint density at radius 3 is 2.55 bits per heavy atom. The van der Waals surface area contributed by atoms with Crippen LogP contribution in [0.2, 0.25) is 0 Å². The van der Waals surface area contributed by atoms with E-state index >= 15 is 0 Å². The van der Waals surface area contributed by atoms with Gasteiger partial charge >= 0.3 is 0 Å². The molecule has 0 bridgehead atoms. The first kappa shape index (κ1) is 20.1.